The van der Waals surface area contributed by atoms with Crippen molar-refractivity contribution in [2.75, 3.05) is 17.6 Å². The average Bonchev–Trinajstić information content (AvgIpc) is 2.86. The first-order valence-electron chi connectivity index (χ1n) is 6.10. The van der Waals surface area contributed by atoms with Crippen molar-refractivity contribution < 1.29 is 13.2 Å². The van der Waals surface area contributed by atoms with Crippen molar-refractivity contribution >= 4 is 21.9 Å². The van der Waals surface area contributed by atoms with E-state index in [2.05, 4.69) is 15.7 Å². The molecule has 9 heteroatoms. The van der Waals surface area contributed by atoms with Gasteiger partial charge in [-0.1, -0.05) is 18.2 Å². The van der Waals surface area contributed by atoms with Crippen molar-refractivity contribution in [1.82, 2.24) is 15.1 Å². The van der Waals surface area contributed by atoms with Crippen molar-refractivity contribution in [1.29, 1.82) is 0 Å². The van der Waals surface area contributed by atoms with Crippen LogP contribution in [0.3, 0.4) is 0 Å². The summed E-state index contributed by atoms with van der Waals surface area (Å²) < 4.78 is 23.1. The number of hydrogen-bond acceptors (Lipinski definition) is 4. The Hall–Kier alpha value is -2.39. The molecule has 0 unspecified atom stereocenters. The highest BCUT2D eigenvalue weighted by Gasteiger charge is 2.07. The number of carbonyl (C=O) groups is 1. The highest BCUT2D eigenvalue weighted by molar-refractivity contribution is 7.89. The first-order valence-corrected chi connectivity index (χ1v) is 7.82. The van der Waals surface area contributed by atoms with E-state index >= 15 is 0 Å². The van der Waals surface area contributed by atoms with Gasteiger partial charge in [-0.2, -0.15) is 0 Å². The molecular formula is C12H15N5O3S. The number of urea groups is 1. The number of benzene rings is 1. The lowest BCUT2D eigenvalue weighted by atomic mass is 10.3. The summed E-state index contributed by atoms with van der Waals surface area (Å²) in [7, 11) is -3.59. The number of para-hydroxylation sites is 1. The van der Waals surface area contributed by atoms with Crippen molar-refractivity contribution in [3.63, 3.8) is 0 Å². The van der Waals surface area contributed by atoms with Crippen LogP contribution in [0.4, 0.5) is 10.6 Å². The first-order chi connectivity index (χ1) is 9.94. The van der Waals surface area contributed by atoms with Crippen molar-refractivity contribution in [2.24, 2.45) is 5.14 Å². The van der Waals surface area contributed by atoms with Gasteiger partial charge in [0.1, 0.15) is 0 Å². The molecule has 0 aliphatic heterocycles. The maximum Gasteiger partial charge on any atom is 0.320 e. The van der Waals surface area contributed by atoms with Crippen LogP contribution in [0, 0.1) is 0 Å². The molecule has 1 aromatic heterocycles. The molecule has 1 heterocycles. The normalized spacial score (nSPS) is 11.1. The number of aromatic nitrogens is 2. The molecule has 0 saturated heterocycles. The van der Waals surface area contributed by atoms with Crippen LogP contribution in [-0.2, 0) is 10.0 Å². The summed E-state index contributed by atoms with van der Waals surface area (Å²) in [6.45, 7) is -0.0654. The van der Waals surface area contributed by atoms with Crippen LogP contribution >= 0.6 is 0 Å². The van der Waals surface area contributed by atoms with Crippen LogP contribution in [-0.4, -0.2) is 36.5 Å². The van der Waals surface area contributed by atoms with Crippen LogP contribution in [0.2, 0.25) is 0 Å². The summed E-state index contributed by atoms with van der Waals surface area (Å²) in [6, 6.07) is 10.5. The quantitative estimate of drug-likeness (QED) is 0.735. The Morgan fingerprint density at radius 3 is 2.62 bits per heavy atom. The Morgan fingerprint density at radius 2 is 1.95 bits per heavy atom. The third kappa shape index (κ3) is 4.89. The van der Waals surface area contributed by atoms with E-state index in [1.54, 1.807) is 16.9 Å². The maximum absolute atomic E-state index is 11.5. The summed E-state index contributed by atoms with van der Waals surface area (Å²) in [4.78, 5) is 11.5. The van der Waals surface area contributed by atoms with Crippen molar-refractivity contribution in [3.05, 3.63) is 42.6 Å². The van der Waals surface area contributed by atoms with Gasteiger partial charge >= 0.3 is 6.03 Å². The minimum Gasteiger partial charge on any atom is -0.337 e. The van der Waals surface area contributed by atoms with Crippen LogP contribution in [0.15, 0.2) is 42.6 Å². The Bertz CT molecular complexity index is 712. The number of carbonyl (C=O) groups excluding carboxylic acids is 1. The van der Waals surface area contributed by atoms with Gasteiger partial charge in [-0.15, -0.1) is 5.10 Å². The van der Waals surface area contributed by atoms with E-state index < -0.39 is 16.1 Å². The highest BCUT2D eigenvalue weighted by atomic mass is 32.2. The van der Waals surface area contributed by atoms with Gasteiger partial charge in [0.25, 0.3) is 0 Å². The lowest BCUT2D eigenvalue weighted by Gasteiger charge is -2.04. The van der Waals surface area contributed by atoms with Gasteiger partial charge in [-0.3, -0.25) is 5.32 Å². The molecule has 0 spiro atoms. The second kappa shape index (κ2) is 6.37. The van der Waals surface area contributed by atoms with E-state index in [1.165, 1.54) is 0 Å². The summed E-state index contributed by atoms with van der Waals surface area (Å²) in [5.41, 5.74) is 0.861. The average molecular weight is 309 g/mol. The number of hydrogen-bond donors (Lipinski definition) is 3. The Labute approximate surface area is 122 Å². The van der Waals surface area contributed by atoms with E-state index in [-0.39, 0.29) is 12.3 Å². The fraction of sp³-hybridized carbons (Fsp3) is 0.167. The van der Waals surface area contributed by atoms with Crippen molar-refractivity contribution in [2.45, 2.75) is 0 Å². The zero-order valence-corrected chi connectivity index (χ0v) is 11.9. The number of nitrogens with two attached hydrogens (primary N) is 1. The largest absolute Gasteiger partial charge is 0.337 e. The van der Waals surface area contributed by atoms with Crippen molar-refractivity contribution in [3.8, 4) is 5.69 Å². The van der Waals surface area contributed by atoms with Gasteiger partial charge in [0, 0.05) is 18.8 Å². The van der Waals surface area contributed by atoms with E-state index in [4.69, 9.17) is 5.14 Å². The molecule has 2 amide bonds. The number of anilines is 1. The zero-order chi connectivity index (χ0) is 15.3. The Kier molecular flexibility index (Phi) is 4.55. The van der Waals surface area contributed by atoms with Crippen LogP contribution < -0.4 is 15.8 Å². The summed E-state index contributed by atoms with van der Waals surface area (Å²) in [5, 5.41) is 13.9. The lowest BCUT2D eigenvalue weighted by molar-refractivity contribution is 0.252. The molecule has 0 aliphatic rings. The fourth-order valence-corrected chi connectivity index (χ4v) is 1.97. The minimum absolute atomic E-state index is 0.0654. The minimum atomic E-state index is -3.59. The maximum atomic E-state index is 11.5. The SMILES string of the molecule is NS(=O)(=O)CCNC(=O)Nc1ccn(-c2ccccc2)n1. The van der Waals surface area contributed by atoms with E-state index in [0.717, 1.165) is 5.69 Å². The van der Waals surface area contributed by atoms with Gasteiger partial charge in [0.05, 0.1) is 11.4 Å². The summed E-state index contributed by atoms with van der Waals surface area (Å²) in [5.74, 6) is 0.0331. The predicted octanol–water partition coefficient (Wildman–Crippen LogP) is 0.282. The van der Waals surface area contributed by atoms with Gasteiger partial charge in [0.15, 0.2) is 5.82 Å². The molecule has 4 N–H and O–H groups in total. The molecule has 0 fully saturated rings. The predicted molar refractivity (Wildman–Crippen MR) is 78.6 cm³/mol. The van der Waals surface area contributed by atoms with E-state index in [0.29, 0.717) is 5.82 Å². The van der Waals surface area contributed by atoms with Crippen LogP contribution in [0.5, 0.6) is 0 Å². The number of rotatable bonds is 5. The molecule has 2 aromatic rings. The van der Waals surface area contributed by atoms with E-state index in [1.807, 2.05) is 30.3 Å². The number of amides is 2. The zero-order valence-electron chi connectivity index (χ0n) is 11.1. The van der Waals surface area contributed by atoms with Gasteiger partial charge in [-0.05, 0) is 12.1 Å². The molecule has 0 atom stereocenters. The molecule has 1 aromatic carbocycles. The molecule has 0 saturated carbocycles. The number of sulfonamides is 1. The second-order valence-corrected chi connectivity index (χ2v) is 5.96. The number of nitrogens with zero attached hydrogens (tertiary/aromatic N) is 2. The third-order valence-corrected chi connectivity index (χ3v) is 3.30. The molecule has 2 rings (SSSR count). The topological polar surface area (TPSA) is 119 Å². The smallest absolute Gasteiger partial charge is 0.320 e. The molecule has 0 radical (unpaired) electrons. The highest BCUT2D eigenvalue weighted by Crippen LogP contribution is 2.09. The van der Waals surface area contributed by atoms with Gasteiger partial charge < -0.3 is 5.32 Å². The molecule has 112 valence electrons. The molecule has 0 aliphatic carbocycles. The van der Waals surface area contributed by atoms with Crippen LogP contribution in [0.1, 0.15) is 0 Å². The molecule has 21 heavy (non-hydrogen) atoms. The van der Waals surface area contributed by atoms with Gasteiger partial charge in [-0.25, -0.2) is 23.0 Å². The number of nitrogens with one attached hydrogen (secondary N) is 2. The Morgan fingerprint density at radius 1 is 1.24 bits per heavy atom. The van der Waals surface area contributed by atoms with Gasteiger partial charge in [0.2, 0.25) is 10.0 Å². The molecule has 8 nitrogen and oxygen atoms in total. The molecule has 0 bridgehead atoms. The monoisotopic (exact) mass is 309 g/mol. The Balaban J connectivity index is 1.89. The second-order valence-electron chi connectivity index (χ2n) is 4.23. The fourth-order valence-electron chi connectivity index (χ4n) is 1.58. The van der Waals surface area contributed by atoms with Crippen LogP contribution in [0.25, 0.3) is 5.69 Å². The number of primary sulfonamides is 1. The summed E-state index contributed by atoms with van der Waals surface area (Å²) in [6.07, 6.45) is 1.70. The van der Waals surface area contributed by atoms with E-state index in [9.17, 15) is 13.2 Å². The standard InChI is InChI=1S/C12H15N5O3S/c13-21(19,20)9-7-14-12(18)15-11-6-8-17(16-11)10-4-2-1-3-5-10/h1-6,8H,7,9H2,(H2,13,19,20)(H2,14,15,16,18). The lowest BCUT2D eigenvalue weighted by Crippen LogP contribution is -2.34. The summed E-state index contributed by atoms with van der Waals surface area (Å²) >= 11 is 0. The first kappa shape index (κ1) is 15.0. The third-order valence-electron chi connectivity index (χ3n) is 2.52. The molecular weight excluding hydrogens is 294 g/mol.